The Morgan fingerprint density at radius 3 is 2.40 bits per heavy atom. The normalized spacial score (nSPS) is 11.2. The highest BCUT2D eigenvalue weighted by Crippen LogP contribution is 2.18. The highest BCUT2D eigenvalue weighted by molar-refractivity contribution is 5.81. The molecule has 2 N–H and O–H groups in total. The van der Waals surface area contributed by atoms with Crippen molar-refractivity contribution in [1.29, 1.82) is 0 Å². The van der Waals surface area contributed by atoms with Crippen molar-refractivity contribution in [3.8, 4) is 0 Å². The molecule has 0 unspecified atom stereocenters. The molecule has 0 rings (SSSR count). The van der Waals surface area contributed by atoms with Gasteiger partial charge in [-0.3, -0.25) is 4.79 Å². The Kier molecular flexibility index (Phi) is 3.36. The number of rotatable bonds is 3. The molecule has 0 aromatic rings. The summed E-state index contributed by atoms with van der Waals surface area (Å²) in [6.07, 6.45) is 0.777. The monoisotopic (exact) mass is 145 g/mol. The van der Waals surface area contributed by atoms with Gasteiger partial charge in [0.1, 0.15) is 6.73 Å². The summed E-state index contributed by atoms with van der Waals surface area (Å²) in [7, 11) is 0. The van der Waals surface area contributed by atoms with E-state index in [0.29, 0.717) is 0 Å². The van der Waals surface area contributed by atoms with Gasteiger partial charge >= 0.3 is 0 Å². The second kappa shape index (κ2) is 3.56. The van der Waals surface area contributed by atoms with Crippen LogP contribution in [0.1, 0.15) is 27.2 Å². The molecule has 3 heteroatoms. The van der Waals surface area contributed by atoms with Crippen LogP contribution in [0.25, 0.3) is 0 Å². The predicted octanol–water partition coefficient (Wildman–Crippen LogP) is 0.489. The highest BCUT2D eigenvalue weighted by atomic mass is 16.3. The Balaban J connectivity index is 3.91. The maximum atomic E-state index is 11.0. The molecule has 0 saturated carbocycles. The van der Waals surface area contributed by atoms with Gasteiger partial charge in [-0.2, -0.15) is 0 Å². The van der Waals surface area contributed by atoms with Crippen molar-refractivity contribution in [2.24, 2.45) is 5.41 Å². The van der Waals surface area contributed by atoms with Gasteiger partial charge in [-0.25, -0.2) is 0 Å². The first-order chi connectivity index (χ1) is 4.54. The molecule has 0 aromatic carbocycles. The van der Waals surface area contributed by atoms with Gasteiger partial charge in [-0.1, -0.05) is 20.8 Å². The Morgan fingerprint density at radius 1 is 1.60 bits per heavy atom. The van der Waals surface area contributed by atoms with Gasteiger partial charge in [-0.05, 0) is 6.42 Å². The van der Waals surface area contributed by atoms with Crippen LogP contribution in [-0.4, -0.2) is 17.7 Å². The fraction of sp³-hybridized carbons (Fsp3) is 0.857. The number of aliphatic hydroxyl groups excluding tert-OH is 1. The maximum Gasteiger partial charge on any atom is 0.227 e. The van der Waals surface area contributed by atoms with E-state index in [9.17, 15) is 4.79 Å². The number of nitrogens with one attached hydrogen (secondary N) is 1. The molecule has 0 spiro atoms. The zero-order valence-electron chi connectivity index (χ0n) is 6.77. The summed E-state index contributed by atoms with van der Waals surface area (Å²) in [6.45, 7) is 5.36. The number of amides is 1. The van der Waals surface area contributed by atoms with E-state index in [4.69, 9.17) is 5.11 Å². The van der Waals surface area contributed by atoms with Crippen LogP contribution in [0, 0.1) is 5.41 Å². The smallest absolute Gasteiger partial charge is 0.227 e. The number of hydrogen-bond donors (Lipinski definition) is 2. The van der Waals surface area contributed by atoms with E-state index in [1.54, 1.807) is 0 Å². The molecule has 0 atom stereocenters. The zero-order valence-corrected chi connectivity index (χ0v) is 6.77. The predicted molar refractivity (Wildman–Crippen MR) is 39.3 cm³/mol. The van der Waals surface area contributed by atoms with Crippen molar-refractivity contribution in [3.05, 3.63) is 0 Å². The van der Waals surface area contributed by atoms with Crippen molar-refractivity contribution in [3.63, 3.8) is 0 Å². The molecule has 0 saturated heterocycles. The zero-order chi connectivity index (χ0) is 8.20. The SMILES string of the molecule is CCC(C)(C)C(=O)NCO. The van der Waals surface area contributed by atoms with Crippen LogP contribution in [0.2, 0.25) is 0 Å². The van der Waals surface area contributed by atoms with E-state index in [1.165, 1.54) is 0 Å². The largest absolute Gasteiger partial charge is 0.377 e. The van der Waals surface area contributed by atoms with E-state index in [1.807, 2.05) is 20.8 Å². The quantitative estimate of drug-likeness (QED) is 0.568. The first kappa shape index (κ1) is 9.43. The Morgan fingerprint density at radius 2 is 2.10 bits per heavy atom. The van der Waals surface area contributed by atoms with Gasteiger partial charge in [0.25, 0.3) is 0 Å². The standard InChI is InChI=1S/C7H15NO2/c1-4-7(2,3)6(10)8-5-9/h9H,4-5H2,1-3H3,(H,8,10). The van der Waals surface area contributed by atoms with Crippen LogP contribution in [0.15, 0.2) is 0 Å². The van der Waals surface area contributed by atoms with E-state index < -0.39 is 0 Å². The van der Waals surface area contributed by atoms with Crippen molar-refractivity contribution in [2.45, 2.75) is 27.2 Å². The molecule has 0 aromatic heterocycles. The fourth-order valence-corrected chi connectivity index (χ4v) is 0.472. The maximum absolute atomic E-state index is 11.0. The van der Waals surface area contributed by atoms with Crippen LogP contribution in [0.4, 0.5) is 0 Å². The lowest BCUT2D eigenvalue weighted by Gasteiger charge is -2.20. The third-order valence-electron chi connectivity index (χ3n) is 1.74. The van der Waals surface area contributed by atoms with Crippen molar-refractivity contribution < 1.29 is 9.90 Å². The van der Waals surface area contributed by atoms with E-state index in [0.717, 1.165) is 6.42 Å². The lowest BCUT2D eigenvalue weighted by Crippen LogP contribution is -2.36. The summed E-state index contributed by atoms with van der Waals surface area (Å²) < 4.78 is 0. The van der Waals surface area contributed by atoms with E-state index >= 15 is 0 Å². The summed E-state index contributed by atoms with van der Waals surface area (Å²) >= 11 is 0. The third kappa shape index (κ3) is 2.35. The van der Waals surface area contributed by atoms with E-state index in [2.05, 4.69) is 5.32 Å². The molecule has 0 fully saturated rings. The molecule has 3 nitrogen and oxygen atoms in total. The van der Waals surface area contributed by atoms with Gasteiger partial charge in [0.15, 0.2) is 0 Å². The third-order valence-corrected chi connectivity index (χ3v) is 1.74. The summed E-state index contributed by atoms with van der Waals surface area (Å²) in [5.74, 6) is -0.0995. The summed E-state index contributed by atoms with van der Waals surface area (Å²) in [5, 5.41) is 10.7. The fourth-order valence-electron chi connectivity index (χ4n) is 0.472. The van der Waals surface area contributed by atoms with Crippen molar-refractivity contribution in [1.82, 2.24) is 5.32 Å². The average molecular weight is 145 g/mol. The molecular weight excluding hydrogens is 130 g/mol. The van der Waals surface area contributed by atoms with Gasteiger partial charge in [-0.15, -0.1) is 0 Å². The van der Waals surface area contributed by atoms with Crippen LogP contribution in [0.5, 0.6) is 0 Å². The Hall–Kier alpha value is -0.570. The highest BCUT2D eigenvalue weighted by Gasteiger charge is 2.24. The molecule has 1 amide bonds. The topological polar surface area (TPSA) is 49.3 Å². The molecule has 0 bridgehead atoms. The lowest BCUT2D eigenvalue weighted by molar-refractivity contribution is -0.130. The lowest BCUT2D eigenvalue weighted by atomic mass is 9.89. The molecule has 60 valence electrons. The second-order valence-corrected chi connectivity index (χ2v) is 2.90. The Bertz CT molecular complexity index is 121. The van der Waals surface area contributed by atoms with Gasteiger partial charge in [0.05, 0.1) is 0 Å². The molecule has 0 aliphatic heterocycles. The number of aliphatic hydroxyl groups is 1. The molecule has 0 aliphatic rings. The molecular formula is C7H15NO2. The van der Waals surface area contributed by atoms with Gasteiger partial charge in [0.2, 0.25) is 5.91 Å². The first-order valence-electron chi connectivity index (χ1n) is 3.43. The molecule has 0 heterocycles. The van der Waals surface area contributed by atoms with Crippen molar-refractivity contribution in [2.75, 3.05) is 6.73 Å². The summed E-state index contributed by atoms with van der Waals surface area (Å²) in [4.78, 5) is 11.0. The molecule has 10 heavy (non-hydrogen) atoms. The molecule has 0 radical (unpaired) electrons. The van der Waals surface area contributed by atoms with Crippen LogP contribution < -0.4 is 5.32 Å². The number of carbonyl (C=O) groups is 1. The van der Waals surface area contributed by atoms with Crippen LogP contribution >= 0.6 is 0 Å². The van der Waals surface area contributed by atoms with E-state index in [-0.39, 0.29) is 18.1 Å². The summed E-state index contributed by atoms with van der Waals surface area (Å²) in [5.41, 5.74) is -0.358. The second-order valence-electron chi connectivity index (χ2n) is 2.90. The number of carbonyl (C=O) groups excluding carboxylic acids is 1. The van der Waals surface area contributed by atoms with Crippen LogP contribution in [0.3, 0.4) is 0 Å². The minimum absolute atomic E-state index is 0.0995. The van der Waals surface area contributed by atoms with Gasteiger partial charge < -0.3 is 10.4 Å². The first-order valence-corrected chi connectivity index (χ1v) is 3.43. The minimum Gasteiger partial charge on any atom is -0.377 e. The Labute approximate surface area is 61.4 Å². The molecule has 0 aliphatic carbocycles. The summed E-state index contributed by atoms with van der Waals surface area (Å²) in [6, 6.07) is 0. The van der Waals surface area contributed by atoms with Crippen molar-refractivity contribution >= 4 is 5.91 Å². The van der Waals surface area contributed by atoms with Crippen LogP contribution in [-0.2, 0) is 4.79 Å². The van der Waals surface area contributed by atoms with Gasteiger partial charge in [0, 0.05) is 5.41 Å². The average Bonchev–Trinajstić information content (AvgIpc) is 1.89. The number of hydrogen-bond acceptors (Lipinski definition) is 2. The minimum atomic E-state index is -0.358.